The molecule has 1 fully saturated rings. The van der Waals surface area contributed by atoms with Crippen LogP contribution in [-0.4, -0.2) is 36.3 Å². The predicted molar refractivity (Wildman–Crippen MR) is 98.7 cm³/mol. The Labute approximate surface area is 153 Å². The Bertz CT molecular complexity index is 721. The third-order valence-electron chi connectivity index (χ3n) is 4.91. The summed E-state index contributed by atoms with van der Waals surface area (Å²) in [7, 11) is 0. The van der Waals surface area contributed by atoms with Crippen LogP contribution < -0.4 is 16.2 Å². The summed E-state index contributed by atoms with van der Waals surface area (Å²) in [5, 5.41) is 6.14. The molecule has 138 valence electrons. The molecule has 1 aromatic heterocycles. The average molecular weight is 368 g/mol. The van der Waals surface area contributed by atoms with Crippen molar-refractivity contribution in [2.24, 2.45) is 11.3 Å². The number of halogens is 1. The minimum absolute atomic E-state index is 0. The number of pyridine rings is 1. The fourth-order valence-electron chi connectivity index (χ4n) is 3.63. The summed E-state index contributed by atoms with van der Waals surface area (Å²) in [4.78, 5) is 39.7. The van der Waals surface area contributed by atoms with Gasteiger partial charge in [-0.15, -0.1) is 12.4 Å². The van der Waals surface area contributed by atoms with E-state index in [1.807, 2.05) is 13.8 Å². The van der Waals surface area contributed by atoms with Gasteiger partial charge in [0.1, 0.15) is 5.56 Å². The standard InChI is InChI=1S/C18H25N3O3.ClH/c1-18(2)7-14-12(15(22)8-18)6-13(17(24)21-14)16(23)20-10-11-4-3-5-19-9-11;/h6,11,19H,3-5,7-10H2,1-2H3,(H,20,23)(H,21,24);1H. The SMILES string of the molecule is CC1(C)CC(=O)c2cc(C(=O)NCC3CCCNC3)c(=O)[nH]c2C1.Cl. The second kappa shape index (κ2) is 7.70. The number of hydrogen-bond donors (Lipinski definition) is 3. The van der Waals surface area contributed by atoms with E-state index in [1.54, 1.807) is 0 Å². The highest BCUT2D eigenvalue weighted by molar-refractivity contribution is 6.02. The Morgan fingerprint density at radius 3 is 2.76 bits per heavy atom. The van der Waals surface area contributed by atoms with Gasteiger partial charge < -0.3 is 15.6 Å². The number of Topliss-reactive ketones (excluding diaryl/α,β-unsaturated/α-hetero) is 1. The van der Waals surface area contributed by atoms with Gasteiger partial charge >= 0.3 is 0 Å². The van der Waals surface area contributed by atoms with Gasteiger partial charge in [0.25, 0.3) is 11.5 Å². The van der Waals surface area contributed by atoms with E-state index in [0.29, 0.717) is 36.6 Å². The van der Waals surface area contributed by atoms with Crippen LogP contribution in [0.3, 0.4) is 0 Å². The summed E-state index contributed by atoms with van der Waals surface area (Å²) < 4.78 is 0. The van der Waals surface area contributed by atoms with Gasteiger partial charge in [-0.2, -0.15) is 0 Å². The number of piperidine rings is 1. The van der Waals surface area contributed by atoms with Crippen LogP contribution in [0, 0.1) is 11.3 Å². The molecule has 2 aliphatic rings. The van der Waals surface area contributed by atoms with Crippen molar-refractivity contribution in [2.45, 2.75) is 39.5 Å². The minimum Gasteiger partial charge on any atom is -0.352 e. The van der Waals surface area contributed by atoms with Crippen molar-refractivity contribution in [1.82, 2.24) is 15.6 Å². The Morgan fingerprint density at radius 1 is 1.32 bits per heavy atom. The van der Waals surface area contributed by atoms with Crippen molar-refractivity contribution in [3.63, 3.8) is 0 Å². The molecule has 1 unspecified atom stereocenters. The van der Waals surface area contributed by atoms with E-state index in [2.05, 4.69) is 15.6 Å². The number of carbonyl (C=O) groups excluding carboxylic acids is 2. The van der Waals surface area contributed by atoms with Crippen LogP contribution in [0.1, 0.15) is 59.5 Å². The van der Waals surface area contributed by atoms with Crippen molar-refractivity contribution < 1.29 is 9.59 Å². The molecule has 1 aliphatic heterocycles. The summed E-state index contributed by atoms with van der Waals surface area (Å²) in [5.74, 6) is -0.0212. The first kappa shape index (κ1) is 19.7. The third kappa shape index (κ3) is 4.50. The highest BCUT2D eigenvalue weighted by Crippen LogP contribution is 2.33. The molecule has 0 radical (unpaired) electrons. The fraction of sp³-hybridized carbons (Fsp3) is 0.611. The fourth-order valence-corrected chi connectivity index (χ4v) is 3.63. The van der Waals surface area contributed by atoms with Crippen LogP contribution in [0.5, 0.6) is 0 Å². The number of H-pyrrole nitrogens is 1. The number of aromatic amines is 1. The van der Waals surface area contributed by atoms with E-state index in [0.717, 1.165) is 25.9 Å². The maximum absolute atomic E-state index is 12.4. The van der Waals surface area contributed by atoms with Gasteiger partial charge in [0, 0.05) is 24.2 Å². The molecular formula is C18H26ClN3O3. The van der Waals surface area contributed by atoms with Gasteiger partial charge in [0.05, 0.1) is 0 Å². The summed E-state index contributed by atoms with van der Waals surface area (Å²) >= 11 is 0. The van der Waals surface area contributed by atoms with E-state index in [9.17, 15) is 14.4 Å². The number of fused-ring (bicyclic) bond motifs is 1. The smallest absolute Gasteiger partial charge is 0.261 e. The molecule has 1 amide bonds. The van der Waals surface area contributed by atoms with Crippen molar-refractivity contribution in [2.75, 3.05) is 19.6 Å². The highest BCUT2D eigenvalue weighted by atomic mass is 35.5. The van der Waals surface area contributed by atoms with Gasteiger partial charge in [-0.05, 0) is 49.8 Å². The highest BCUT2D eigenvalue weighted by Gasteiger charge is 2.32. The van der Waals surface area contributed by atoms with E-state index in [-0.39, 0.29) is 29.2 Å². The zero-order valence-corrected chi connectivity index (χ0v) is 15.6. The lowest BCUT2D eigenvalue weighted by molar-refractivity contribution is 0.0910. The lowest BCUT2D eigenvalue weighted by atomic mass is 9.75. The quantitative estimate of drug-likeness (QED) is 0.758. The molecule has 1 aromatic rings. The minimum atomic E-state index is -0.418. The summed E-state index contributed by atoms with van der Waals surface area (Å²) in [5.41, 5.74) is 0.585. The first-order valence-corrected chi connectivity index (χ1v) is 8.64. The molecule has 1 aliphatic carbocycles. The van der Waals surface area contributed by atoms with E-state index in [4.69, 9.17) is 0 Å². The van der Waals surface area contributed by atoms with Crippen molar-refractivity contribution in [1.29, 1.82) is 0 Å². The molecule has 0 saturated carbocycles. The zero-order chi connectivity index (χ0) is 17.3. The third-order valence-corrected chi connectivity index (χ3v) is 4.91. The molecule has 0 bridgehead atoms. The van der Waals surface area contributed by atoms with Crippen LogP contribution in [0.4, 0.5) is 0 Å². The summed E-state index contributed by atoms with van der Waals surface area (Å²) in [6.07, 6.45) is 3.24. The molecule has 7 heteroatoms. The predicted octanol–water partition coefficient (Wildman–Crippen LogP) is 1.68. The maximum atomic E-state index is 12.4. The molecular weight excluding hydrogens is 342 g/mol. The Balaban J connectivity index is 0.00000225. The zero-order valence-electron chi connectivity index (χ0n) is 14.7. The molecule has 3 N–H and O–H groups in total. The molecule has 2 heterocycles. The topological polar surface area (TPSA) is 91.1 Å². The van der Waals surface area contributed by atoms with Gasteiger partial charge in [-0.25, -0.2) is 0 Å². The molecule has 6 nitrogen and oxygen atoms in total. The van der Waals surface area contributed by atoms with Gasteiger partial charge in [-0.3, -0.25) is 14.4 Å². The molecule has 3 rings (SSSR count). The lowest BCUT2D eigenvalue weighted by Crippen LogP contribution is -2.40. The average Bonchev–Trinajstić information content (AvgIpc) is 2.52. The summed E-state index contributed by atoms with van der Waals surface area (Å²) in [6, 6.07) is 1.47. The van der Waals surface area contributed by atoms with Crippen LogP contribution >= 0.6 is 12.4 Å². The summed E-state index contributed by atoms with van der Waals surface area (Å²) in [6.45, 7) is 6.46. The first-order valence-electron chi connectivity index (χ1n) is 8.64. The lowest BCUT2D eigenvalue weighted by Gasteiger charge is -2.29. The monoisotopic (exact) mass is 367 g/mol. The molecule has 0 aromatic carbocycles. The number of rotatable bonds is 3. The van der Waals surface area contributed by atoms with E-state index >= 15 is 0 Å². The maximum Gasteiger partial charge on any atom is 0.261 e. The number of ketones is 1. The van der Waals surface area contributed by atoms with Crippen molar-refractivity contribution in [3.8, 4) is 0 Å². The van der Waals surface area contributed by atoms with Gasteiger partial charge in [0.15, 0.2) is 5.78 Å². The van der Waals surface area contributed by atoms with E-state index in [1.165, 1.54) is 6.07 Å². The van der Waals surface area contributed by atoms with Gasteiger partial charge in [0.2, 0.25) is 0 Å². The number of aromatic nitrogens is 1. The molecule has 25 heavy (non-hydrogen) atoms. The molecule has 1 saturated heterocycles. The van der Waals surface area contributed by atoms with Crippen molar-refractivity contribution in [3.05, 3.63) is 33.2 Å². The largest absolute Gasteiger partial charge is 0.352 e. The molecule has 0 spiro atoms. The second-order valence-electron chi connectivity index (χ2n) is 7.77. The Hall–Kier alpha value is -1.66. The van der Waals surface area contributed by atoms with Crippen LogP contribution in [0.15, 0.2) is 10.9 Å². The molecule has 1 atom stereocenters. The Kier molecular flexibility index (Phi) is 6.06. The number of amides is 1. The van der Waals surface area contributed by atoms with Crippen molar-refractivity contribution >= 4 is 24.1 Å². The van der Waals surface area contributed by atoms with E-state index < -0.39 is 11.5 Å². The number of hydrogen-bond acceptors (Lipinski definition) is 4. The number of nitrogens with one attached hydrogen (secondary N) is 3. The van der Waals surface area contributed by atoms with Crippen LogP contribution in [0.2, 0.25) is 0 Å². The second-order valence-corrected chi connectivity index (χ2v) is 7.77. The first-order chi connectivity index (χ1) is 11.4. The van der Waals surface area contributed by atoms with Crippen LogP contribution in [0.25, 0.3) is 0 Å². The normalized spacial score (nSPS) is 21.8. The number of carbonyl (C=O) groups is 2. The van der Waals surface area contributed by atoms with Crippen LogP contribution in [-0.2, 0) is 6.42 Å². The Morgan fingerprint density at radius 2 is 2.08 bits per heavy atom. The van der Waals surface area contributed by atoms with Gasteiger partial charge in [-0.1, -0.05) is 13.8 Å².